The fourth-order valence-corrected chi connectivity index (χ4v) is 3.26. The monoisotopic (exact) mass is 422 g/mol. The summed E-state index contributed by atoms with van der Waals surface area (Å²) in [5.41, 5.74) is 7.15. The Morgan fingerprint density at radius 1 is 0.968 bits per heavy atom. The number of carbonyl (C=O) groups excluding carboxylic acids is 4. The van der Waals surface area contributed by atoms with Crippen LogP contribution in [0.15, 0.2) is 42.5 Å². The number of nitrogens with zero attached hydrogens (tertiary/aromatic N) is 1. The summed E-state index contributed by atoms with van der Waals surface area (Å²) < 4.78 is 6.85. The van der Waals surface area contributed by atoms with Gasteiger partial charge in [-0.1, -0.05) is 12.1 Å². The SMILES string of the molecule is CC(C)(C)OC(=O)n1c(-c2ccc(NC=O)cc2)c(C(N)=O)c2cc(NC=O)ccc21. The van der Waals surface area contributed by atoms with Gasteiger partial charge in [-0.25, -0.2) is 9.36 Å². The summed E-state index contributed by atoms with van der Waals surface area (Å²) in [7, 11) is 0. The summed E-state index contributed by atoms with van der Waals surface area (Å²) in [6.07, 6.45) is 0.366. The minimum Gasteiger partial charge on any atom is -0.443 e. The van der Waals surface area contributed by atoms with E-state index in [9.17, 15) is 19.2 Å². The van der Waals surface area contributed by atoms with Gasteiger partial charge in [0.25, 0.3) is 5.91 Å². The second-order valence-corrected chi connectivity index (χ2v) is 7.74. The van der Waals surface area contributed by atoms with Crippen LogP contribution in [0.5, 0.6) is 0 Å². The first-order valence-corrected chi connectivity index (χ1v) is 9.38. The van der Waals surface area contributed by atoms with Crippen LogP contribution in [0.4, 0.5) is 16.2 Å². The number of fused-ring (bicyclic) bond motifs is 1. The number of ether oxygens (including phenoxy) is 1. The van der Waals surface area contributed by atoms with Gasteiger partial charge in [0.1, 0.15) is 5.60 Å². The maximum absolute atomic E-state index is 13.1. The van der Waals surface area contributed by atoms with Gasteiger partial charge in [0.15, 0.2) is 0 Å². The molecule has 0 unspecified atom stereocenters. The Morgan fingerprint density at radius 2 is 1.55 bits per heavy atom. The highest BCUT2D eigenvalue weighted by Gasteiger charge is 2.28. The van der Waals surface area contributed by atoms with Gasteiger partial charge in [-0.05, 0) is 56.7 Å². The van der Waals surface area contributed by atoms with Crippen LogP contribution in [-0.4, -0.2) is 35.0 Å². The molecule has 0 saturated carbocycles. The third kappa shape index (κ3) is 4.40. The van der Waals surface area contributed by atoms with Crippen LogP contribution in [0, 0.1) is 0 Å². The van der Waals surface area contributed by atoms with Crippen molar-refractivity contribution < 1.29 is 23.9 Å². The molecule has 0 fully saturated rings. The van der Waals surface area contributed by atoms with E-state index >= 15 is 0 Å². The van der Waals surface area contributed by atoms with E-state index in [-0.39, 0.29) is 11.3 Å². The molecule has 0 saturated heterocycles. The number of rotatable bonds is 6. The van der Waals surface area contributed by atoms with E-state index in [2.05, 4.69) is 10.6 Å². The number of anilines is 2. The van der Waals surface area contributed by atoms with Crippen LogP contribution in [0.25, 0.3) is 22.2 Å². The molecule has 0 spiro atoms. The highest BCUT2D eigenvalue weighted by molar-refractivity contribution is 6.15. The molecule has 0 radical (unpaired) electrons. The fraction of sp³-hybridized carbons (Fsp3) is 0.182. The molecule has 4 N–H and O–H groups in total. The zero-order chi connectivity index (χ0) is 22.8. The topological polar surface area (TPSA) is 133 Å². The van der Waals surface area contributed by atoms with Gasteiger partial charge in [0.2, 0.25) is 12.8 Å². The number of amides is 3. The molecule has 3 rings (SSSR count). The van der Waals surface area contributed by atoms with Crippen LogP contribution in [0.3, 0.4) is 0 Å². The van der Waals surface area contributed by atoms with Gasteiger partial charge in [-0.2, -0.15) is 0 Å². The molecule has 160 valence electrons. The predicted molar refractivity (Wildman–Crippen MR) is 117 cm³/mol. The Morgan fingerprint density at radius 3 is 2.10 bits per heavy atom. The minimum atomic E-state index is -0.783. The first-order chi connectivity index (χ1) is 14.7. The number of nitrogens with two attached hydrogens (primary N) is 1. The first kappa shape index (κ1) is 21.6. The number of hydrogen-bond acceptors (Lipinski definition) is 5. The molecule has 3 amide bonds. The summed E-state index contributed by atoms with van der Waals surface area (Å²) in [4.78, 5) is 47.2. The number of hydrogen-bond donors (Lipinski definition) is 3. The Labute approximate surface area is 178 Å². The van der Waals surface area contributed by atoms with Crippen molar-refractivity contribution in [3.8, 4) is 11.3 Å². The summed E-state index contributed by atoms with van der Waals surface area (Å²) in [5, 5.41) is 5.44. The van der Waals surface area contributed by atoms with E-state index in [1.807, 2.05) is 0 Å². The molecule has 0 aliphatic rings. The lowest BCUT2D eigenvalue weighted by molar-refractivity contribution is -0.106. The van der Waals surface area contributed by atoms with Crippen molar-refractivity contribution in [3.63, 3.8) is 0 Å². The molecule has 9 nitrogen and oxygen atoms in total. The maximum Gasteiger partial charge on any atom is 0.419 e. The standard InChI is InChI=1S/C22H22N4O5/c1-22(2,3)31-21(30)26-17-9-8-15(25-12-28)10-16(17)18(20(23)29)19(26)13-4-6-14(7-5-13)24-11-27/h4-12H,1-3H3,(H2,23,29)(H,24,27)(H,25,28). The van der Waals surface area contributed by atoms with E-state index in [1.165, 1.54) is 4.57 Å². The van der Waals surface area contributed by atoms with Gasteiger partial charge in [-0.3, -0.25) is 14.4 Å². The van der Waals surface area contributed by atoms with Crippen molar-refractivity contribution in [1.82, 2.24) is 4.57 Å². The van der Waals surface area contributed by atoms with Crippen molar-refractivity contribution in [3.05, 3.63) is 48.0 Å². The van der Waals surface area contributed by atoms with Gasteiger partial charge in [0, 0.05) is 16.8 Å². The number of nitrogens with one attached hydrogen (secondary N) is 2. The molecule has 0 aliphatic heterocycles. The smallest absolute Gasteiger partial charge is 0.419 e. The van der Waals surface area contributed by atoms with E-state index in [1.54, 1.807) is 63.2 Å². The number of aromatic nitrogens is 1. The molecule has 3 aromatic rings. The quantitative estimate of drug-likeness (QED) is 0.524. The third-order valence-corrected chi connectivity index (χ3v) is 4.40. The van der Waals surface area contributed by atoms with Crippen molar-refractivity contribution >= 4 is 47.1 Å². The first-order valence-electron chi connectivity index (χ1n) is 9.38. The maximum atomic E-state index is 13.1. The molecule has 0 atom stereocenters. The predicted octanol–water partition coefficient (Wildman–Crippen LogP) is 3.33. The molecule has 1 aromatic heterocycles. The van der Waals surface area contributed by atoms with Crippen LogP contribution in [-0.2, 0) is 14.3 Å². The number of benzene rings is 2. The zero-order valence-electron chi connectivity index (χ0n) is 17.3. The van der Waals surface area contributed by atoms with Crippen LogP contribution < -0.4 is 16.4 Å². The molecule has 0 bridgehead atoms. The molecule has 1 heterocycles. The van der Waals surface area contributed by atoms with Crippen LogP contribution in [0.1, 0.15) is 31.1 Å². The Bertz CT molecular complexity index is 1170. The van der Waals surface area contributed by atoms with Crippen molar-refractivity contribution in [1.29, 1.82) is 0 Å². The summed E-state index contributed by atoms with van der Waals surface area (Å²) in [6, 6.07) is 11.3. The average Bonchev–Trinajstić information content (AvgIpc) is 3.02. The van der Waals surface area contributed by atoms with E-state index in [0.717, 1.165) is 0 Å². The zero-order valence-corrected chi connectivity index (χ0v) is 17.3. The Balaban J connectivity index is 2.35. The highest BCUT2D eigenvalue weighted by Crippen LogP contribution is 2.36. The van der Waals surface area contributed by atoms with Gasteiger partial charge in [-0.15, -0.1) is 0 Å². The number of carbonyl (C=O) groups is 4. The van der Waals surface area contributed by atoms with Gasteiger partial charge < -0.3 is 21.1 Å². The average molecular weight is 422 g/mol. The number of primary amides is 1. The Kier molecular flexibility index (Phi) is 5.78. The van der Waals surface area contributed by atoms with E-state index in [4.69, 9.17) is 10.5 Å². The molecular formula is C22H22N4O5. The fourth-order valence-electron chi connectivity index (χ4n) is 3.26. The highest BCUT2D eigenvalue weighted by atomic mass is 16.6. The lowest BCUT2D eigenvalue weighted by Crippen LogP contribution is -2.27. The Hall–Kier alpha value is -4.14. The lowest BCUT2D eigenvalue weighted by atomic mass is 10.0. The molecule has 31 heavy (non-hydrogen) atoms. The normalized spacial score (nSPS) is 11.1. The molecule has 9 heteroatoms. The summed E-state index contributed by atoms with van der Waals surface area (Å²) in [6.45, 7) is 5.20. The van der Waals surface area contributed by atoms with Gasteiger partial charge >= 0.3 is 6.09 Å². The van der Waals surface area contributed by atoms with E-state index in [0.29, 0.717) is 40.7 Å². The lowest BCUT2D eigenvalue weighted by Gasteiger charge is -2.21. The summed E-state index contributed by atoms with van der Waals surface area (Å²) >= 11 is 0. The largest absolute Gasteiger partial charge is 0.443 e. The second kappa shape index (κ2) is 8.31. The van der Waals surface area contributed by atoms with Crippen LogP contribution in [0.2, 0.25) is 0 Å². The third-order valence-electron chi connectivity index (χ3n) is 4.40. The van der Waals surface area contributed by atoms with Gasteiger partial charge in [0.05, 0.1) is 16.8 Å². The molecule has 0 aliphatic carbocycles. The minimum absolute atomic E-state index is 0.103. The van der Waals surface area contributed by atoms with Crippen molar-refractivity contribution in [2.45, 2.75) is 26.4 Å². The van der Waals surface area contributed by atoms with Crippen molar-refractivity contribution in [2.75, 3.05) is 10.6 Å². The summed E-state index contributed by atoms with van der Waals surface area (Å²) in [5.74, 6) is -0.749. The van der Waals surface area contributed by atoms with E-state index < -0.39 is 17.6 Å². The van der Waals surface area contributed by atoms with Crippen molar-refractivity contribution in [2.24, 2.45) is 5.73 Å². The second-order valence-electron chi connectivity index (χ2n) is 7.74. The van der Waals surface area contributed by atoms with Crippen LogP contribution >= 0.6 is 0 Å². The molecular weight excluding hydrogens is 400 g/mol. The molecule has 2 aromatic carbocycles.